The molecule has 1 saturated heterocycles. The molecule has 1 amide bonds. The Kier molecular flexibility index (Phi) is 4.58. The molecule has 1 aliphatic heterocycles. The molecule has 2 aromatic rings. The maximum Gasteiger partial charge on any atom is 0.223 e. The Hall–Kier alpha value is -2.13. The van der Waals surface area contributed by atoms with Crippen molar-refractivity contribution in [2.45, 2.75) is 37.8 Å². The minimum Gasteiger partial charge on any atom is -0.346 e. The van der Waals surface area contributed by atoms with E-state index in [9.17, 15) is 4.79 Å². The van der Waals surface area contributed by atoms with Crippen LogP contribution in [0.2, 0.25) is 0 Å². The second-order valence-electron chi connectivity index (χ2n) is 7.47. The topological polar surface area (TPSA) is 32.3 Å². The fourth-order valence-corrected chi connectivity index (χ4v) is 3.86. The van der Waals surface area contributed by atoms with Crippen molar-refractivity contribution in [2.75, 3.05) is 13.1 Å². The van der Waals surface area contributed by atoms with Gasteiger partial charge in [-0.2, -0.15) is 0 Å². The van der Waals surface area contributed by atoms with E-state index in [0.29, 0.717) is 0 Å². The molecular weight excluding hydrogens is 308 g/mol. The third kappa shape index (κ3) is 3.77. The second-order valence-corrected chi connectivity index (χ2v) is 7.47. The first-order valence-corrected chi connectivity index (χ1v) is 9.39. The van der Waals surface area contributed by atoms with E-state index in [1.165, 1.54) is 11.1 Å². The van der Waals surface area contributed by atoms with Crippen LogP contribution in [0.1, 0.15) is 36.8 Å². The predicted octanol–water partition coefficient (Wildman–Crippen LogP) is 3.70. The van der Waals surface area contributed by atoms with Gasteiger partial charge in [-0.3, -0.25) is 9.69 Å². The maximum absolute atomic E-state index is 12.5. The first-order chi connectivity index (χ1) is 12.3. The highest BCUT2D eigenvalue weighted by atomic mass is 16.2. The number of carbonyl (C=O) groups excluding carboxylic acids is 1. The zero-order valence-corrected chi connectivity index (χ0v) is 14.7. The minimum atomic E-state index is -0.200. The van der Waals surface area contributed by atoms with Gasteiger partial charge in [0, 0.05) is 25.6 Å². The molecule has 3 nitrogen and oxygen atoms in total. The number of likely N-dealkylation sites (tertiary alicyclic amines) is 1. The highest BCUT2D eigenvalue weighted by molar-refractivity contribution is 5.81. The van der Waals surface area contributed by atoms with Gasteiger partial charge in [-0.1, -0.05) is 60.7 Å². The Morgan fingerprint density at radius 1 is 0.960 bits per heavy atom. The second kappa shape index (κ2) is 7.01. The van der Waals surface area contributed by atoms with Crippen molar-refractivity contribution in [3.63, 3.8) is 0 Å². The Morgan fingerprint density at radius 3 is 2.16 bits per heavy atom. The summed E-state index contributed by atoms with van der Waals surface area (Å²) >= 11 is 0. The van der Waals surface area contributed by atoms with Crippen LogP contribution in [0.3, 0.4) is 0 Å². The van der Waals surface area contributed by atoms with Gasteiger partial charge in [0.2, 0.25) is 5.91 Å². The molecular formula is C22H26N2O. The molecule has 2 aliphatic rings. The van der Waals surface area contributed by atoms with E-state index < -0.39 is 0 Å². The van der Waals surface area contributed by atoms with Gasteiger partial charge in [0.15, 0.2) is 0 Å². The number of nitrogens with zero attached hydrogens (tertiary/aromatic N) is 1. The Bertz CT molecular complexity index is 701. The lowest BCUT2D eigenvalue weighted by Crippen LogP contribution is -2.53. The monoisotopic (exact) mass is 334 g/mol. The van der Waals surface area contributed by atoms with Crippen LogP contribution < -0.4 is 5.32 Å². The summed E-state index contributed by atoms with van der Waals surface area (Å²) in [6.45, 7) is 3.01. The standard InChI is InChI=1S/C22H26N2O/c25-21(19-11-12-19)23-22(20-9-5-2-6-10-20)13-15-24(16-14-22)17-18-7-3-1-4-8-18/h1-10,19H,11-17H2,(H,23,25). The molecule has 0 bridgehead atoms. The molecule has 4 rings (SSSR count). The molecule has 3 heteroatoms. The van der Waals surface area contributed by atoms with Gasteiger partial charge in [0.05, 0.1) is 5.54 Å². The largest absolute Gasteiger partial charge is 0.346 e. The highest BCUT2D eigenvalue weighted by Gasteiger charge is 2.40. The summed E-state index contributed by atoms with van der Waals surface area (Å²) in [6, 6.07) is 21.2. The van der Waals surface area contributed by atoms with Crippen molar-refractivity contribution in [1.82, 2.24) is 10.2 Å². The quantitative estimate of drug-likeness (QED) is 0.904. The molecule has 2 aromatic carbocycles. The molecule has 0 unspecified atom stereocenters. The number of piperidine rings is 1. The molecule has 1 aliphatic carbocycles. The lowest BCUT2D eigenvalue weighted by molar-refractivity contribution is -0.125. The summed E-state index contributed by atoms with van der Waals surface area (Å²) in [5, 5.41) is 3.43. The number of benzene rings is 2. The number of amides is 1. The molecule has 130 valence electrons. The minimum absolute atomic E-state index is 0.200. The van der Waals surface area contributed by atoms with Crippen molar-refractivity contribution in [3.8, 4) is 0 Å². The lowest BCUT2D eigenvalue weighted by atomic mass is 9.80. The normalized spacial score (nSPS) is 20.2. The smallest absolute Gasteiger partial charge is 0.223 e. The van der Waals surface area contributed by atoms with Crippen molar-refractivity contribution < 1.29 is 4.79 Å². The fraction of sp³-hybridized carbons (Fsp3) is 0.409. The summed E-state index contributed by atoms with van der Waals surface area (Å²) < 4.78 is 0. The van der Waals surface area contributed by atoms with E-state index in [1.807, 2.05) is 6.07 Å². The third-order valence-electron chi connectivity index (χ3n) is 5.60. The fourth-order valence-electron chi connectivity index (χ4n) is 3.86. The molecule has 2 fully saturated rings. The summed E-state index contributed by atoms with van der Waals surface area (Å²) in [5.74, 6) is 0.503. The van der Waals surface area contributed by atoms with Crippen LogP contribution in [-0.4, -0.2) is 23.9 Å². The Labute approximate surface area is 150 Å². The number of hydrogen-bond donors (Lipinski definition) is 1. The van der Waals surface area contributed by atoms with Crippen LogP contribution in [0.15, 0.2) is 60.7 Å². The molecule has 0 atom stereocenters. The van der Waals surface area contributed by atoms with Crippen LogP contribution >= 0.6 is 0 Å². The molecule has 1 N–H and O–H groups in total. The molecule has 1 heterocycles. The van der Waals surface area contributed by atoms with E-state index in [-0.39, 0.29) is 17.4 Å². The number of carbonyl (C=O) groups is 1. The number of nitrogens with one attached hydrogen (secondary N) is 1. The first-order valence-electron chi connectivity index (χ1n) is 9.39. The average molecular weight is 334 g/mol. The van der Waals surface area contributed by atoms with Gasteiger partial charge in [0.25, 0.3) is 0 Å². The van der Waals surface area contributed by atoms with Crippen LogP contribution in [0.5, 0.6) is 0 Å². The van der Waals surface area contributed by atoms with Crippen molar-refractivity contribution in [1.29, 1.82) is 0 Å². The first kappa shape index (κ1) is 16.3. The van der Waals surface area contributed by atoms with E-state index in [4.69, 9.17) is 0 Å². The van der Waals surface area contributed by atoms with Crippen LogP contribution in [0.4, 0.5) is 0 Å². The average Bonchev–Trinajstić information content (AvgIpc) is 3.50. The van der Waals surface area contributed by atoms with Gasteiger partial charge >= 0.3 is 0 Å². The highest BCUT2D eigenvalue weighted by Crippen LogP contribution is 2.36. The SMILES string of the molecule is O=C(NC1(c2ccccc2)CCN(Cc2ccccc2)CC1)C1CC1. The van der Waals surface area contributed by atoms with Gasteiger partial charge in [-0.05, 0) is 36.8 Å². The molecule has 0 radical (unpaired) electrons. The van der Waals surface area contributed by atoms with E-state index in [2.05, 4.69) is 64.8 Å². The zero-order valence-electron chi connectivity index (χ0n) is 14.7. The lowest BCUT2D eigenvalue weighted by Gasteiger charge is -2.43. The zero-order chi connectivity index (χ0) is 17.1. The van der Waals surface area contributed by atoms with Gasteiger partial charge in [-0.25, -0.2) is 0 Å². The Morgan fingerprint density at radius 2 is 1.56 bits per heavy atom. The molecule has 0 aromatic heterocycles. The van der Waals surface area contributed by atoms with Gasteiger partial charge < -0.3 is 5.32 Å². The predicted molar refractivity (Wildman–Crippen MR) is 99.9 cm³/mol. The van der Waals surface area contributed by atoms with Crippen LogP contribution in [0.25, 0.3) is 0 Å². The Balaban J connectivity index is 1.48. The summed E-state index contributed by atoms with van der Waals surface area (Å²) in [5.41, 5.74) is 2.41. The van der Waals surface area contributed by atoms with Crippen LogP contribution in [0, 0.1) is 5.92 Å². The van der Waals surface area contributed by atoms with Crippen LogP contribution in [-0.2, 0) is 16.9 Å². The van der Waals surface area contributed by atoms with Crippen molar-refractivity contribution >= 4 is 5.91 Å². The van der Waals surface area contributed by atoms with Crippen molar-refractivity contribution in [3.05, 3.63) is 71.8 Å². The van der Waals surface area contributed by atoms with Crippen molar-refractivity contribution in [2.24, 2.45) is 5.92 Å². The van der Waals surface area contributed by atoms with E-state index >= 15 is 0 Å². The summed E-state index contributed by atoms with van der Waals surface area (Å²) in [4.78, 5) is 15.0. The van der Waals surface area contributed by atoms with E-state index in [0.717, 1.165) is 45.3 Å². The maximum atomic E-state index is 12.5. The molecule has 1 saturated carbocycles. The third-order valence-corrected chi connectivity index (χ3v) is 5.60. The number of hydrogen-bond acceptors (Lipinski definition) is 2. The van der Waals surface area contributed by atoms with Gasteiger partial charge in [-0.15, -0.1) is 0 Å². The summed E-state index contributed by atoms with van der Waals surface area (Å²) in [7, 11) is 0. The number of rotatable bonds is 5. The van der Waals surface area contributed by atoms with E-state index in [1.54, 1.807) is 0 Å². The molecule has 25 heavy (non-hydrogen) atoms. The summed E-state index contributed by atoms with van der Waals surface area (Å²) in [6.07, 6.45) is 4.05. The van der Waals surface area contributed by atoms with Gasteiger partial charge in [0.1, 0.15) is 0 Å². The molecule has 0 spiro atoms.